The van der Waals surface area contributed by atoms with Gasteiger partial charge in [-0.05, 0) is 32.4 Å². The lowest BCUT2D eigenvalue weighted by molar-refractivity contribution is -0.0172. The Morgan fingerprint density at radius 3 is 2.87 bits per heavy atom. The normalized spacial score (nSPS) is 15.0. The van der Waals surface area contributed by atoms with Crippen molar-refractivity contribution in [3.05, 3.63) is 29.1 Å². The van der Waals surface area contributed by atoms with E-state index in [9.17, 15) is 4.39 Å². The molecule has 0 amide bonds. The Hall–Kier alpha value is -1.09. The molecule has 1 aromatic carbocycles. The highest BCUT2D eigenvalue weighted by Gasteiger charge is 2.17. The second-order valence-electron chi connectivity index (χ2n) is 5.31. The molecule has 7 heteroatoms. The van der Waals surface area contributed by atoms with E-state index < -0.39 is 0 Å². The summed E-state index contributed by atoms with van der Waals surface area (Å²) in [5, 5.41) is 6.50. The van der Waals surface area contributed by atoms with Gasteiger partial charge in [0.2, 0.25) is 0 Å². The van der Waals surface area contributed by atoms with Gasteiger partial charge in [0.25, 0.3) is 0 Å². The number of nitrogens with zero attached hydrogens (tertiary/aromatic N) is 1. The van der Waals surface area contributed by atoms with E-state index in [1.165, 1.54) is 12.1 Å². The zero-order chi connectivity index (χ0) is 15.9. The van der Waals surface area contributed by atoms with Gasteiger partial charge in [0, 0.05) is 23.7 Å². The second kappa shape index (κ2) is 9.92. The molecule has 0 saturated heterocycles. The molecule has 0 aromatic heterocycles. The molecular weight excluding hydrogens is 412 g/mol. The zero-order valence-electron chi connectivity index (χ0n) is 13.8. The topological polar surface area (TPSA) is 54.9 Å². The van der Waals surface area contributed by atoms with Crippen molar-refractivity contribution >= 4 is 29.9 Å². The summed E-state index contributed by atoms with van der Waals surface area (Å²) in [6.45, 7) is 7.91. The van der Waals surface area contributed by atoms with E-state index in [1.807, 2.05) is 6.92 Å². The Morgan fingerprint density at radius 1 is 1.39 bits per heavy atom. The first-order chi connectivity index (χ1) is 10.6. The van der Waals surface area contributed by atoms with Crippen LogP contribution in [0.15, 0.2) is 17.1 Å². The monoisotopic (exact) mass is 437 g/mol. The Labute approximate surface area is 154 Å². The van der Waals surface area contributed by atoms with Crippen LogP contribution in [0.4, 0.5) is 4.39 Å². The zero-order valence-corrected chi connectivity index (χ0v) is 16.1. The molecule has 1 unspecified atom stereocenters. The SMILES string of the molecule is CCNC(=NCc1cc(F)cc2c1OCOC2)NC(C)CC.I. The van der Waals surface area contributed by atoms with Gasteiger partial charge in [0.05, 0.1) is 13.2 Å². The molecule has 130 valence electrons. The standard InChI is InChI=1S/C16H24FN3O2.HI/c1-4-11(3)20-16(18-5-2)19-8-12-6-14(17)7-13-9-21-10-22-15(12)13;/h6-7,11H,4-5,8-10H2,1-3H3,(H2,18,19,20);1H. The Kier molecular flexibility index (Phi) is 8.60. The van der Waals surface area contributed by atoms with E-state index in [1.54, 1.807) is 0 Å². The number of hydrogen-bond donors (Lipinski definition) is 2. The summed E-state index contributed by atoms with van der Waals surface area (Å²) in [6, 6.07) is 3.24. The van der Waals surface area contributed by atoms with Crippen molar-refractivity contribution in [1.29, 1.82) is 0 Å². The van der Waals surface area contributed by atoms with Crippen LogP contribution in [-0.4, -0.2) is 25.3 Å². The molecule has 1 aliphatic rings. The van der Waals surface area contributed by atoms with Crippen LogP contribution in [0.2, 0.25) is 0 Å². The quantitative estimate of drug-likeness (QED) is 0.422. The number of nitrogens with one attached hydrogen (secondary N) is 2. The van der Waals surface area contributed by atoms with Crippen LogP contribution < -0.4 is 15.4 Å². The lowest BCUT2D eigenvalue weighted by atomic mass is 10.1. The van der Waals surface area contributed by atoms with Crippen molar-refractivity contribution in [2.24, 2.45) is 4.99 Å². The largest absolute Gasteiger partial charge is 0.467 e. The lowest BCUT2D eigenvalue weighted by Crippen LogP contribution is -2.41. The number of halogens is 2. The van der Waals surface area contributed by atoms with E-state index >= 15 is 0 Å². The molecule has 1 aliphatic heterocycles. The number of rotatable bonds is 5. The van der Waals surface area contributed by atoms with Gasteiger partial charge in [0.15, 0.2) is 12.8 Å². The smallest absolute Gasteiger partial charge is 0.191 e. The lowest BCUT2D eigenvalue weighted by Gasteiger charge is -2.21. The molecule has 0 saturated carbocycles. The molecule has 1 heterocycles. The summed E-state index contributed by atoms with van der Waals surface area (Å²) in [4.78, 5) is 4.53. The van der Waals surface area contributed by atoms with Crippen molar-refractivity contribution in [3.8, 4) is 5.75 Å². The summed E-state index contributed by atoms with van der Waals surface area (Å²) in [5.41, 5.74) is 1.47. The van der Waals surface area contributed by atoms with Gasteiger partial charge in [-0.1, -0.05) is 6.92 Å². The predicted molar refractivity (Wildman–Crippen MR) is 99.8 cm³/mol. The fourth-order valence-corrected chi connectivity index (χ4v) is 2.19. The molecule has 2 N–H and O–H groups in total. The van der Waals surface area contributed by atoms with Crippen molar-refractivity contribution in [3.63, 3.8) is 0 Å². The number of ether oxygens (including phenoxy) is 2. The van der Waals surface area contributed by atoms with Crippen molar-refractivity contribution in [2.75, 3.05) is 13.3 Å². The van der Waals surface area contributed by atoms with Crippen LogP contribution in [0.5, 0.6) is 5.75 Å². The minimum atomic E-state index is -0.294. The van der Waals surface area contributed by atoms with Gasteiger partial charge >= 0.3 is 0 Å². The van der Waals surface area contributed by atoms with Crippen LogP contribution >= 0.6 is 24.0 Å². The number of benzene rings is 1. The number of guanidine groups is 1. The maximum atomic E-state index is 13.7. The van der Waals surface area contributed by atoms with Gasteiger partial charge < -0.3 is 20.1 Å². The highest BCUT2D eigenvalue weighted by molar-refractivity contribution is 14.0. The van der Waals surface area contributed by atoms with Crippen molar-refractivity contribution in [1.82, 2.24) is 10.6 Å². The van der Waals surface area contributed by atoms with Crippen LogP contribution in [0.25, 0.3) is 0 Å². The van der Waals surface area contributed by atoms with Crippen molar-refractivity contribution in [2.45, 2.75) is 46.4 Å². The van der Waals surface area contributed by atoms with Gasteiger partial charge in [0.1, 0.15) is 11.6 Å². The highest BCUT2D eigenvalue weighted by atomic mass is 127. The molecule has 2 rings (SSSR count). The summed E-state index contributed by atoms with van der Waals surface area (Å²) in [7, 11) is 0. The van der Waals surface area contributed by atoms with Crippen LogP contribution in [-0.2, 0) is 17.9 Å². The minimum absolute atomic E-state index is 0. The van der Waals surface area contributed by atoms with E-state index in [0.29, 0.717) is 24.9 Å². The van der Waals surface area contributed by atoms with Gasteiger partial charge in [-0.2, -0.15) is 0 Å². The molecule has 0 fully saturated rings. The third kappa shape index (κ3) is 5.80. The molecule has 5 nitrogen and oxygen atoms in total. The fraction of sp³-hybridized carbons (Fsp3) is 0.562. The maximum absolute atomic E-state index is 13.7. The molecular formula is C16H25FIN3O2. The summed E-state index contributed by atoms with van der Waals surface area (Å²) in [5.74, 6) is 1.12. The predicted octanol–water partition coefficient (Wildman–Crippen LogP) is 3.16. The van der Waals surface area contributed by atoms with Crippen molar-refractivity contribution < 1.29 is 13.9 Å². The maximum Gasteiger partial charge on any atom is 0.191 e. The first-order valence-corrected chi connectivity index (χ1v) is 7.70. The van der Waals surface area contributed by atoms with Crippen LogP contribution in [0.3, 0.4) is 0 Å². The fourth-order valence-electron chi connectivity index (χ4n) is 2.19. The average Bonchev–Trinajstić information content (AvgIpc) is 2.52. The van der Waals surface area contributed by atoms with E-state index in [4.69, 9.17) is 9.47 Å². The number of hydrogen-bond acceptors (Lipinski definition) is 3. The highest BCUT2D eigenvalue weighted by Crippen LogP contribution is 2.29. The molecule has 23 heavy (non-hydrogen) atoms. The van der Waals surface area contributed by atoms with Gasteiger partial charge in [-0.3, -0.25) is 0 Å². The third-order valence-corrected chi connectivity index (χ3v) is 3.50. The Balaban J connectivity index is 0.00000264. The minimum Gasteiger partial charge on any atom is -0.467 e. The van der Waals surface area contributed by atoms with E-state index in [2.05, 4.69) is 29.5 Å². The third-order valence-electron chi connectivity index (χ3n) is 3.50. The Morgan fingerprint density at radius 2 is 2.17 bits per heavy atom. The number of fused-ring (bicyclic) bond motifs is 1. The molecule has 0 bridgehead atoms. The molecule has 1 atom stereocenters. The first-order valence-electron chi connectivity index (χ1n) is 7.70. The Bertz CT molecular complexity index is 540. The summed E-state index contributed by atoms with van der Waals surface area (Å²) in [6.07, 6.45) is 1.00. The van der Waals surface area contributed by atoms with E-state index in [-0.39, 0.29) is 36.6 Å². The van der Waals surface area contributed by atoms with Crippen LogP contribution in [0.1, 0.15) is 38.3 Å². The summed E-state index contributed by atoms with van der Waals surface area (Å²) < 4.78 is 24.4. The first kappa shape index (κ1) is 20.0. The molecule has 0 spiro atoms. The second-order valence-corrected chi connectivity index (χ2v) is 5.31. The van der Waals surface area contributed by atoms with Gasteiger partial charge in [-0.25, -0.2) is 9.38 Å². The van der Waals surface area contributed by atoms with Crippen LogP contribution in [0, 0.1) is 5.82 Å². The number of aliphatic imine (C=N–C) groups is 1. The van der Waals surface area contributed by atoms with E-state index in [0.717, 1.165) is 30.1 Å². The summed E-state index contributed by atoms with van der Waals surface area (Å²) >= 11 is 0. The van der Waals surface area contributed by atoms with Gasteiger partial charge in [-0.15, -0.1) is 24.0 Å². The molecule has 0 aliphatic carbocycles. The average molecular weight is 437 g/mol. The molecule has 0 radical (unpaired) electrons. The molecule has 1 aromatic rings.